The van der Waals surface area contributed by atoms with Gasteiger partial charge in [0.2, 0.25) is 5.91 Å². The van der Waals surface area contributed by atoms with Crippen LogP contribution in [0.2, 0.25) is 0 Å². The van der Waals surface area contributed by atoms with Crippen molar-refractivity contribution in [2.24, 2.45) is 0 Å². The average Bonchev–Trinajstić information content (AvgIpc) is 2.50. The lowest BCUT2D eigenvalue weighted by atomic mass is 10.1. The van der Waals surface area contributed by atoms with Crippen LogP contribution >= 0.6 is 0 Å². The van der Waals surface area contributed by atoms with Gasteiger partial charge in [0, 0.05) is 0 Å². The molecule has 15 heavy (non-hydrogen) atoms. The summed E-state index contributed by atoms with van der Waals surface area (Å²) in [7, 11) is 0. The summed E-state index contributed by atoms with van der Waals surface area (Å²) in [6, 6.07) is 7.48. The van der Waals surface area contributed by atoms with Gasteiger partial charge in [0.05, 0.1) is 13.1 Å². The summed E-state index contributed by atoms with van der Waals surface area (Å²) in [5.41, 5.74) is 2.10. The van der Waals surface area contributed by atoms with Crippen molar-refractivity contribution in [3.8, 4) is 0 Å². The molecule has 0 aromatic heterocycles. The molecule has 2 rings (SSSR count). The predicted octanol–water partition coefficient (Wildman–Crippen LogP) is 1.05. The number of rotatable bonds is 2. The molecule has 0 radical (unpaired) electrons. The number of aryl methyl sites for hydroxylation is 1. The van der Waals surface area contributed by atoms with E-state index in [1.807, 2.05) is 31.2 Å². The number of nitrogens with zero attached hydrogens (tertiary/aromatic N) is 1. The minimum atomic E-state index is -0.304. The molecule has 1 N–H and O–H groups in total. The molecule has 0 atom stereocenters. The van der Waals surface area contributed by atoms with Crippen LogP contribution in [0.5, 0.6) is 0 Å². The van der Waals surface area contributed by atoms with E-state index in [-0.39, 0.29) is 18.5 Å². The highest BCUT2D eigenvalue weighted by Crippen LogP contribution is 2.10. The van der Waals surface area contributed by atoms with Gasteiger partial charge in [-0.3, -0.25) is 9.69 Å². The standard InChI is InChI=1S/C11H12N2O2/c1-8-3-2-4-9(5-8)7-13-10(14)6-12-11(13)15/h2-5H,6-7H2,1H3,(H,12,15). The molecule has 1 aliphatic rings. The van der Waals surface area contributed by atoms with Crippen LogP contribution in [0.3, 0.4) is 0 Å². The third-order valence-corrected chi connectivity index (χ3v) is 2.36. The molecule has 4 nitrogen and oxygen atoms in total. The van der Waals surface area contributed by atoms with Gasteiger partial charge in [0.15, 0.2) is 0 Å². The number of urea groups is 1. The lowest BCUT2D eigenvalue weighted by Crippen LogP contribution is -2.30. The molecule has 1 heterocycles. The highest BCUT2D eigenvalue weighted by atomic mass is 16.2. The van der Waals surface area contributed by atoms with Crippen LogP contribution in [0.4, 0.5) is 4.79 Å². The second-order valence-electron chi connectivity index (χ2n) is 3.63. The first-order valence-electron chi connectivity index (χ1n) is 4.80. The summed E-state index contributed by atoms with van der Waals surface area (Å²) < 4.78 is 0. The normalized spacial score (nSPS) is 15.7. The highest BCUT2D eigenvalue weighted by Gasteiger charge is 2.28. The van der Waals surface area contributed by atoms with Gasteiger partial charge in [0.25, 0.3) is 0 Å². The molecule has 3 amide bonds. The van der Waals surface area contributed by atoms with Crippen LogP contribution in [0.25, 0.3) is 0 Å². The maximum atomic E-state index is 11.3. The predicted molar refractivity (Wildman–Crippen MR) is 55.1 cm³/mol. The van der Waals surface area contributed by atoms with Crippen LogP contribution < -0.4 is 5.32 Å². The van der Waals surface area contributed by atoms with Gasteiger partial charge < -0.3 is 5.32 Å². The van der Waals surface area contributed by atoms with Gasteiger partial charge >= 0.3 is 6.03 Å². The Hall–Kier alpha value is -1.84. The molecule has 4 heteroatoms. The van der Waals surface area contributed by atoms with Crippen LogP contribution in [0.15, 0.2) is 24.3 Å². The number of hydrogen-bond acceptors (Lipinski definition) is 2. The van der Waals surface area contributed by atoms with Crippen molar-refractivity contribution in [2.75, 3.05) is 6.54 Å². The first kappa shape index (κ1) is 9.71. The summed E-state index contributed by atoms with van der Waals surface area (Å²) >= 11 is 0. The van der Waals surface area contributed by atoms with Crippen LogP contribution in [-0.4, -0.2) is 23.4 Å². The Bertz CT molecular complexity index is 399. The number of carbonyl (C=O) groups is 2. The van der Waals surface area contributed by atoms with Crippen LogP contribution in [0, 0.1) is 6.92 Å². The fourth-order valence-corrected chi connectivity index (χ4v) is 1.61. The largest absolute Gasteiger partial charge is 0.329 e. The van der Waals surface area contributed by atoms with Crippen molar-refractivity contribution in [2.45, 2.75) is 13.5 Å². The Kier molecular flexibility index (Phi) is 2.41. The summed E-state index contributed by atoms with van der Waals surface area (Å²) in [6.45, 7) is 2.45. The molecular formula is C11H12N2O2. The molecule has 0 aliphatic carbocycles. The zero-order chi connectivity index (χ0) is 10.8. The fourth-order valence-electron chi connectivity index (χ4n) is 1.61. The van der Waals surface area contributed by atoms with E-state index < -0.39 is 0 Å². The van der Waals surface area contributed by atoms with E-state index in [4.69, 9.17) is 0 Å². The smallest absolute Gasteiger partial charge is 0.324 e. The molecule has 0 spiro atoms. The van der Waals surface area contributed by atoms with E-state index in [2.05, 4.69) is 5.32 Å². The number of hydrogen-bond donors (Lipinski definition) is 1. The molecule has 0 bridgehead atoms. The number of amides is 3. The molecule has 1 aliphatic heterocycles. The Morgan fingerprint density at radius 3 is 2.80 bits per heavy atom. The number of benzene rings is 1. The van der Waals surface area contributed by atoms with Crippen LogP contribution in [-0.2, 0) is 11.3 Å². The summed E-state index contributed by atoms with van der Waals surface area (Å²) in [4.78, 5) is 23.8. The van der Waals surface area contributed by atoms with Crippen molar-refractivity contribution >= 4 is 11.9 Å². The van der Waals surface area contributed by atoms with E-state index >= 15 is 0 Å². The molecule has 78 valence electrons. The van der Waals surface area contributed by atoms with Gasteiger partial charge in [-0.25, -0.2) is 4.79 Å². The first-order chi connectivity index (χ1) is 7.16. The average molecular weight is 204 g/mol. The van der Waals surface area contributed by atoms with E-state index in [1.54, 1.807) is 0 Å². The van der Waals surface area contributed by atoms with E-state index in [1.165, 1.54) is 4.90 Å². The number of carbonyl (C=O) groups excluding carboxylic acids is 2. The topological polar surface area (TPSA) is 49.4 Å². The minimum Gasteiger partial charge on any atom is -0.329 e. The molecule has 1 aromatic carbocycles. The third kappa shape index (κ3) is 1.98. The summed E-state index contributed by atoms with van der Waals surface area (Å²) in [6.07, 6.45) is 0. The first-order valence-corrected chi connectivity index (χ1v) is 4.80. The van der Waals surface area contributed by atoms with Crippen molar-refractivity contribution in [1.82, 2.24) is 10.2 Å². The second kappa shape index (κ2) is 3.73. The molecule has 1 fully saturated rings. The lowest BCUT2D eigenvalue weighted by molar-refractivity contribution is -0.125. The molecular weight excluding hydrogens is 192 g/mol. The third-order valence-electron chi connectivity index (χ3n) is 2.36. The SMILES string of the molecule is Cc1cccc(CN2C(=O)CNC2=O)c1. The van der Waals surface area contributed by atoms with Crippen molar-refractivity contribution in [1.29, 1.82) is 0 Å². The Labute approximate surface area is 87.9 Å². The fraction of sp³-hybridized carbons (Fsp3) is 0.273. The Morgan fingerprint density at radius 2 is 2.20 bits per heavy atom. The van der Waals surface area contributed by atoms with Crippen molar-refractivity contribution in [3.63, 3.8) is 0 Å². The maximum absolute atomic E-state index is 11.3. The van der Waals surface area contributed by atoms with Crippen molar-refractivity contribution < 1.29 is 9.59 Å². The second-order valence-corrected chi connectivity index (χ2v) is 3.63. The Balaban J connectivity index is 2.15. The zero-order valence-electron chi connectivity index (χ0n) is 8.49. The highest BCUT2D eigenvalue weighted by molar-refractivity contribution is 6.01. The van der Waals surface area contributed by atoms with Gasteiger partial charge in [-0.15, -0.1) is 0 Å². The molecule has 0 saturated carbocycles. The van der Waals surface area contributed by atoms with Gasteiger partial charge in [-0.2, -0.15) is 0 Å². The zero-order valence-corrected chi connectivity index (χ0v) is 8.49. The lowest BCUT2D eigenvalue weighted by Gasteiger charge is -2.12. The van der Waals surface area contributed by atoms with E-state index in [0.29, 0.717) is 6.54 Å². The molecule has 1 saturated heterocycles. The number of imide groups is 1. The quantitative estimate of drug-likeness (QED) is 0.732. The summed E-state index contributed by atoms with van der Waals surface area (Å²) in [5, 5.41) is 2.49. The molecule has 1 aromatic rings. The van der Waals surface area contributed by atoms with Gasteiger partial charge in [-0.05, 0) is 12.5 Å². The maximum Gasteiger partial charge on any atom is 0.324 e. The monoisotopic (exact) mass is 204 g/mol. The van der Waals surface area contributed by atoms with Crippen molar-refractivity contribution in [3.05, 3.63) is 35.4 Å². The summed E-state index contributed by atoms with van der Waals surface area (Å²) in [5.74, 6) is -0.165. The van der Waals surface area contributed by atoms with E-state index in [9.17, 15) is 9.59 Å². The van der Waals surface area contributed by atoms with Crippen LogP contribution in [0.1, 0.15) is 11.1 Å². The minimum absolute atomic E-state index is 0.116. The number of nitrogens with one attached hydrogen (secondary N) is 1. The van der Waals surface area contributed by atoms with Gasteiger partial charge in [0.1, 0.15) is 0 Å². The molecule has 0 unspecified atom stereocenters. The Morgan fingerprint density at radius 1 is 1.40 bits per heavy atom. The van der Waals surface area contributed by atoms with E-state index in [0.717, 1.165) is 11.1 Å². The van der Waals surface area contributed by atoms with Gasteiger partial charge in [-0.1, -0.05) is 29.8 Å².